The quantitative estimate of drug-likeness (QED) is 0.531. The summed E-state index contributed by atoms with van der Waals surface area (Å²) in [6.07, 6.45) is 0.301. The van der Waals surface area contributed by atoms with E-state index in [-0.39, 0.29) is 17.7 Å². The molecule has 1 aliphatic heterocycles. The van der Waals surface area contributed by atoms with Gasteiger partial charge in [-0.15, -0.1) is 0 Å². The van der Waals surface area contributed by atoms with Crippen LogP contribution < -0.4 is 5.32 Å². The molecule has 1 aliphatic carbocycles. The van der Waals surface area contributed by atoms with Crippen molar-refractivity contribution in [1.82, 2.24) is 0 Å². The summed E-state index contributed by atoms with van der Waals surface area (Å²) in [5, 5.41) is 5.75. The van der Waals surface area contributed by atoms with E-state index in [4.69, 9.17) is 4.74 Å². The number of aryl methyl sites for hydroxylation is 1. The van der Waals surface area contributed by atoms with E-state index in [1.54, 1.807) is 0 Å². The van der Waals surface area contributed by atoms with Crippen LogP contribution in [0.4, 0.5) is 5.69 Å². The maximum Gasteiger partial charge on any atom is 0.315 e. The van der Waals surface area contributed by atoms with E-state index < -0.39 is 11.3 Å². The number of benzene rings is 3. The summed E-state index contributed by atoms with van der Waals surface area (Å²) in [4.78, 5) is 26.6. The van der Waals surface area contributed by atoms with Gasteiger partial charge in [0.2, 0.25) is 0 Å². The Morgan fingerprint density at radius 2 is 1.75 bits per heavy atom. The van der Waals surface area contributed by atoms with Crippen LogP contribution in [-0.4, -0.2) is 18.9 Å². The molecule has 162 valence electrons. The molecule has 5 rings (SSSR count). The van der Waals surface area contributed by atoms with Crippen molar-refractivity contribution in [2.24, 2.45) is 11.3 Å². The summed E-state index contributed by atoms with van der Waals surface area (Å²) in [7, 11) is 1.41. The lowest BCUT2D eigenvalue weighted by Crippen LogP contribution is -2.44. The molecule has 4 nitrogen and oxygen atoms in total. The number of ether oxygens (including phenoxy) is 1. The van der Waals surface area contributed by atoms with Crippen molar-refractivity contribution in [2.45, 2.75) is 33.1 Å². The third kappa shape index (κ3) is 3.05. The number of esters is 1. The number of fused-ring (bicyclic) bond motifs is 3. The molecule has 32 heavy (non-hydrogen) atoms. The highest BCUT2D eigenvalue weighted by molar-refractivity contribution is 6.06. The smallest absolute Gasteiger partial charge is 0.315 e. The first kappa shape index (κ1) is 20.5. The third-order valence-corrected chi connectivity index (χ3v) is 6.94. The lowest BCUT2D eigenvalue weighted by atomic mass is 9.63. The highest BCUT2D eigenvalue weighted by Gasteiger charge is 2.50. The van der Waals surface area contributed by atoms with Crippen molar-refractivity contribution in [2.75, 3.05) is 12.4 Å². The number of allylic oxidation sites excluding steroid dienone is 1. The molecule has 0 aromatic heterocycles. The minimum atomic E-state index is -0.539. The zero-order valence-electron chi connectivity index (χ0n) is 18.9. The topological polar surface area (TPSA) is 55.4 Å². The number of carbonyl (C=O) groups is 2. The number of nitrogens with one attached hydrogen (secondary N) is 1. The third-order valence-electron chi connectivity index (χ3n) is 6.94. The number of rotatable bonds is 2. The fourth-order valence-electron chi connectivity index (χ4n) is 5.42. The second kappa shape index (κ2) is 7.33. The second-order valence-corrected chi connectivity index (χ2v) is 9.59. The molecule has 2 aliphatic rings. The maximum atomic E-state index is 13.6. The molecule has 0 spiro atoms. The van der Waals surface area contributed by atoms with E-state index >= 15 is 0 Å². The van der Waals surface area contributed by atoms with E-state index in [1.807, 2.05) is 26.0 Å². The molecule has 0 bridgehead atoms. The summed E-state index contributed by atoms with van der Waals surface area (Å²) in [6, 6.07) is 20.8. The summed E-state index contributed by atoms with van der Waals surface area (Å²) in [6.45, 7) is 5.99. The molecule has 2 atom stereocenters. The Morgan fingerprint density at radius 1 is 1.03 bits per heavy atom. The zero-order chi connectivity index (χ0) is 22.6. The van der Waals surface area contributed by atoms with E-state index in [0.29, 0.717) is 17.7 Å². The molecular weight excluding hydrogens is 398 g/mol. The minimum Gasteiger partial charge on any atom is -0.468 e. The van der Waals surface area contributed by atoms with E-state index in [9.17, 15) is 9.59 Å². The number of methoxy groups -OCH3 is 1. The van der Waals surface area contributed by atoms with Gasteiger partial charge in [-0.25, -0.2) is 0 Å². The number of hydrogen-bond acceptors (Lipinski definition) is 4. The average Bonchev–Trinajstić information content (AvgIpc) is 2.77. The Hall–Kier alpha value is -3.40. The van der Waals surface area contributed by atoms with Gasteiger partial charge in [0.1, 0.15) is 5.92 Å². The van der Waals surface area contributed by atoms with E-state index in [2.05, 4.69) is 60.8 Å². The van der Waals surface area contributed by atoms with Gasteiger partial charge in [-0.05, 0) is 40.3 Å². The van der Waals surface area contributed by atoms with Crippen LogP contribution in [0.1, 0.15) is 42.9 Å². The fraction of sp³-hybridized carbons (Fsp3) is 0.286. The van der Waals surface area contributed by atoms with Gasteiger partial charge in [0, 0.05) is 29.3 Å². The molecule has 0 amide bonds. The van der Waals surface area contributed by atoms with Gasteiger partial charge in [-0.1, -0.05) is 74.0 Å². The first-order chi connectivity index (χ1) is 15.3. The number of Topliss-reactive ketones (excluding diaryl/α,β-unsaturated/α-hetero) is 1. The van der Waals surface area contributed by atoms with Crippen molar-refractivity contribution in [3.63, 3.8) is 0 Å². The summed E-state index contributed by atoms with van der Waals surface area (Å²) in [5.41, 5.74) is 5.08. The van der Waals surface area contributed by atoms with Gasteiger partial charge in [0.15, 0.2) is 5.78 Å². The van der Waals surface area contributed by atoms with Gasteiger partial charge < -0.3 is 10.1 Å². The lowest BCUT2D eigenvalue weighted by Gasteiger charge is -2.44. The molecule has 4 heteroatoms. The molecule has 0 fully saturated rings. The monoisotopic (exact) mass is 425 g/mol. The Kier molecular flexibility index (Phi) is 4.70. The lowest BCUT2D eigenvalue weighted by molar-refractivity contribution is -0.148. The van der Waals surface area contributed by atoms with Crippen LogP contribution in [0.5, 0.6) is 0 Å². The molecule has 0 radical (unpaired) electrons. The Balaban J connectivity index is 1.84. The standard InChI is InChI=1S/C28H27NO3/c1-16-9-11-18(12-10-16)22-23-19-8-6-5-7-17(19)13-14-20(23)29-26-24(22)21(30)15-28(2,3)25(26)27(31)32-4/h5-14,22,25,29H,15H2,1-4H3/t22-,25-/m1/s1. The van der Waals surface area contributed by atoms with Gasteiger partial charge >= 0.3 is 5.97 Å². The van der Waals surface area contributed by atoms with Gasteiger partial charge in [-0.3, -0.25) is 9.59 Å². The number of anilines is 1. The van der Waals surface area contributed by atoms with Crippen LogP contribution in [0.15, 0.2) is 71.9 Å². The van der Waals surface area contributed by atoms with Gasteiger partial charge in [0.05, 0.1) is 7.11 Å². The van der Waals surface area contributed by atoms with E-state index in [1.165, 1.54) is 12.7 Å². The number of ketones is 1. The SMILES string of the molecule is COC(=O)[C@H]1C2=C(C(=O)CC1(C)C)[C@H](c1ccc(C)cc1)c1c(ccc3ccccc13)N2. The first-order valence-electron chi connectivity index (χ1n) is 11.0. The second-order valence-electron chi connectivity index (χ2n) is 9.59. The van der Waals surface area contributed by atoms with Crippen molar-refractivity contribution >= 4 is 28.2 Å². The van der Waals surface area contributed by atoms with Gasteiger partial charge in [-0.2, -0.15) is 0 Å². The van der Waals surface area contributed by atoms with Crippen molar-refractivity contribution < 1.29 is 14.3 Å². The largest absolute Gasteiger partial charge is 0.468 e. The molecule has 0 saturated heterocycles. The molecule has 1 heterocycles. The maximum absolute atomic E-state index is 13.6. The molecule has 3 aromatic carbocycles. The fourth-order valence-corrected chi connectivity index (χ4v) is 5.42. The van der Waals surface area contributed by atoms with Gasteiger partial charge in [0.25, 0.3) is 0 Å². The Bertz CT molecular complexity index is 1280. The predicted molar refractivity (Wildman–Crippen MR) is 127 cm³/mol. The van der Waals surface area contributed by atoms with Crippen molar-refractivity contribution in [3.8, 4) is 0 Å². The predicted octanol–water partition coefficient (Wildman–Crippen LogP) is 5.75. The molecule has 1 N–H and O–H groups in total. The van der Waals surface area contributed by atoms with Crippen LogP contribution in [0, 0.1) is 18.3 Å². The molecular formula is C28H27NO3. The minimum absolute atomic E-state index is 0.0850. The average molecular weight is 426 g/mol. The Labute approximate surface area is 188 Å². The van der Waals surface area contributed by atoms with Crippen LogP contribution in [-0.2, 0) is 14.3 Å². The highest BCUT2D eigenvalue weighted by Crippen LogP contribution is 2.53. The van der Waals surface area contributed by atoms with Crippen molar-refractivity contribution in [3.05, 3.63) is 88.6 Å². The molecule has 3 aromatic rings. The number of carbonyl (C=O) groups excluding carboxylic acids is 2. The number of hydrogen-bond donors (Lipinski definition) is 1. The highest BCUT2D eigenvalue weighted by atomic mass is 16.5. The van der Waals surface area contributed by atoms with Crippen LogP contribution in [0.25, 0.3) is 10.8 Å². The van der Waals surface area contributed by atoms with E-state index in [0.717, 1.165) is 27.6 Å². The summed E-state index contributed by atoms with van der Waals surface area (Å²) in [5.74, 6) is -1.01. The Morgan fingerprint density at radius 3 is 2.47 bits per heavy atom. The van der Waals surface area contributed by atoms with Crippen LogP contribution in [0.3, 0.4) is 0 Å². The molecule has 0 saturated carbocycles. The van der Waals surface area contributed by atoms with Crippen LogP contribution >= 0.6 is 0 Å². The molecule has 0 unspecified atom stereocenters. The van der Waals surface area contributed by atoms with Crippen LogP contribution in [0.2, 0.25) is 0 Å². The summed E-state index contributed by atoms with van der Waals surface area (Å²) >= 11 is 0. The first-order valence-corrected chi connectivity index (χ1v) is 11.0. The van der Waals surface area contributed by atoms with Crippen molar-refractivity contribution in [1.29, 1.82) is 0 Å². The summed E-state index contributed by atoms with van der Waals surface area (Å²) < 4.78 is 5.20. The zero-order valence-corrected chi connectivity index (χ0v) is 18.9. The normalized spacial score (nSPS) is 21.6.